The molecule has 0 radical (unpaired) electrons. The molecule has 1 atom stereocenters. The average molecular weight is 564 g/mol. The van der Waals surface area contributed by atoms with E-state index in [2.05, 4.69) is 0 Å². The summed E-state index contributed by atoms with van der Waals surface area (Å²) < 4.78 is 7.09. The molecule has 0 spiro atoms. The molecule has 2 aliphatic rings. The lowest BCUT2D eigenvalue weighted by atomic mass is 10.1. The van der Waals surface area contributed by atoms with Gasteiger partial charge in [-0.3, -0.25) is 18.9 Å². The quantitative estimate of drug-likeness (QED) is 0.337. The maximum absolute atomic E-state index is 13.8. The number of piperazine rings is 1. The molecule has 4 heterocycles. The summed E-state index contributed by atoms with van der Waals surface area (Å²) >= 11 is 6.79. The minimum atomic E-state index is -0.351. The maximum atomic E-state index is 13.8. The first-order valence-corrected chi connectivity index (χ1v) is 14.0. The number of benzene rings is 1. The van der Waals surface area contributed by atoms with E-state index in [1.54, 1.807) is 35.1 Å². The first-order chi connectivity index (χ1) is 18.8. The third-order valence-electron chi connectivity index (χ3n) is 6.86. The molecular formula is C28H29N5O4S2. The number of aryl methyl sites for hydroxylation is 1. The molecule has 2 saturated heterocycles. The largest absolute Gasteiger partial charge is 0.450 e. The minimum Gasteiger partial charge on any atom is -0.450 e. The molecule has 1 aromatic carbocycles. The number of hydrogen-bond acceptors (Lipinski definition) is 8. The molecule has 2 amide bonds. The van der Waals surface area contributed by atoms with Crippen LogP contribution in [-0.2, 0) is 9.53 Å². The number of amides is 2. The number of rotatable bonds is 5. The van der Waals surface area contributed by atoms with E-state index in [0.717, 1.165) is 11.1 Å². The minimum absolute atomic E-state index is 0.242. The highest BCUT2D eigenvalue weighted by Crippen LogP contribution is 2.38. The Bertz CT molecular complexity index is 1530. The van der Waals surface area contributed by atoms with Crippen molar-refractivity contribution in [2.24, 2.45) is 0 Å². The van der Waals surface area contributed by atoms with Crippen LogP contribution in [0.1, 0.15) is 36.6 Å². The number of fused-ring (bicyclic) bond motifs is 1. The Hall–Kier alpha value is -3.70. The van der Waals surface area contributed by atoms with Crippen molar-refractivity contribution >= 4 is 57.8 Å². The zero-order valence-corrected chi connectivity index (χ0v) is 23.6. The summed E-state index contributed by atoms with van der Waals surface area (Å²) in [4.78, 5) is 50.0. The first kappa shape index (κ1) is 26.9. The molecule has 0 N–H and O–H groups in total. The van der Waals surface area contributed by atoms with Gasteiger partial charge in [-0.2, -0.15) is 0 Å². The van der Waals surface area contributed by atoms with Gasteiger partial charge in [0.25, 0.3) is 11.5 Å². The predicted octanol–water partition coefficient (Wildman–Crippen LogP) is 4.24. The molecule has 2 fully saturated rings. The third kappa shape index (κ3) is 5.28. The highest BCUT2D eigenvalue weighted by atomic mass is 32.2. The molecule has 2 aromatic heterocycles. The molecule has 9 nitrogen and oxygen atoms in total. The van der Waals surface area contributed by atoms with E-state index in [4.69, 9.17) is 21.9 Å². The van der Waals surface area contributed by atoms with Crippen LogP contribution in [0, 0.1) is 6.92 Å². The summed E-state index contributed by atoms with van der Waals surface area (Å²) in [6, 6.07) is 13.2. The Morgan fingerprint density at radius 2 is 1.85 bits per heavy atom. The predicted molar refractivity (Wildman–Crippen MR) is 157 cm³/mol. The van der Waals surface area contributed by atoms with Crippen LogP contribution < -0.4 is 10.5 Å². The monoisotopic (exact) mass is 563 g/mol. The number of hydrogen-bond donors (Lipinski definition) is 0. The van der Waals surface area contributed by atoms with Gasteiger partial charge < -0.3 is 14.5 Å². The van der Waals surface area contributed by atoms with Gasteiger partial charge in [-0.05, 0) is 44.0 Å². The van der Waals surface area contributed by atoms with Gasteiger partial charge in [0.1, 0.15) is 15.8 Å². The fourth-order valence-electron chi connectivity index (χ4n) is 4.76. The maximum Gasteiger partial charge on any atom is 0.409 e. The van der Waals surface area contributed by atoms with E-state index in [1.165, 1.54) is 16.2 Å². The van der Waals surface area contributed by atoms with Crippen molar-refractivity contribution in [3.8, 4) is 0 Å². The van der Waals surface area contributed by atoms with Crippen molar-refractivity contribution in [3.05, 3.63) is 80.6 Å². The van der Waals surface area contributed by atoms with Crippen molar-refractivity contribution in [2.75, 3.05) is 37.7 Å². The van der Waals surface area contributed by atoms with Gasteiger partial charge in [0.2, 0.25) is 0 Å². The Kier molecular flexibility index (Phi) is 7.72. The molecule has 2 aliphatic heterocycles. The molecule has 0 saturated carbocycles. The first-order valence-electron chi connectivity index (χ1n) is 12.8. The van der Waals surface area contributed by atoms with Gasteiger partial charge in [0.05, 0.1) is 23.1 Å². The summed E-state index contributed by atoms with van der Waals surface area (Å²) in [6.45, 7) is 7.75. The zero-order chi connectivity index (χ0) is 27.7. The van der Waals surface area contributed by atoms with E-state index < -0.39 is 0 Å². The lowest BCUT2D eigenvalue weighted by Crippen LogP contribution is -2.49. The average Bonchev–Trinajstić information content (AvgIpc) is 3.22. The highest BCUT2D eigenvalue weighted by molar-refractivity contribution is 8.26. The third-order valence-corrected chi connectivity index (χ3v) is 8.19. The lowest BCUT2D eigenvalue weighted by molar-refractivity contribution is -0.123. The Morgan fingerprint density at radius 3 is 2.54 bits per heavy atom. The SMILES string of the molecule is CCOC(=O)N1CCN(c2nc3ccc(C)cn3c(=O)c2/C=C2/SC(=S)N(C(C)c3ccccc3)C2=O)CC1. The fraction of sp³-hybridized carbons (Fsp3) is 0.321. The number of thioether (sulfide) groups is 1. The molecule has 39 heavy (non-hydrogen) atoms. The van der Waals surface area contributed by atoms with Crippen LogP contribution in [0.5, 0.6) is 0 Å². The van der Waals surface area contributed by atoms with Crippen LogP contribution in [0.15, 0.2) is 58.4 Å². The van der Waals surface area contributed by atoms with Crippen molar-refractivity contribution in [2.45, 2.75) is 26.8 Å². The Balaban J connectivity index is 1.53. The number of carbonyl (C=O) groups is 2. The molecule has 3 aromatic rings. The summed E-state index contributed by atoms with van der Waals surface area (Å²) in [6.07, 6.45) is 3.01. The van der Waals surface area contributed by atoms with Crippen molar-refractivity contribution in [1.29, 1.82) is 0 Å². The second-order valence-electron chi connectivity index (χ2n) is 9.40. The second-order valence-corrected chi connectivity index (χ2v) is 11.1. The van der Waals surface area contributed by atoms with Crippen molar-refractivity contribution < 1.29 is 14.3 Å². The van der Waals surface area contributed by atoms with Crippen LogP contribution in [0.3, 0.4) is 0 Å². The molecule has 0 aliphatic carbocycles. The fourth-order valence-corrected chi connectivity index (χ4v) is 6.16. The van der Waals surface area contributed by atoms with Gasteiger partial charge in [0.15, 0.2) is 0 Å². The van der Waals surface area contributed by atoms with E-state index >= 15 is 0 Å². The molecule has 5 rings (SSSR count). The van der Waals surface area contributed by atoms with Crippen LogP contribution in [0.4, 0.5) is 10.6 Å². The molecule has 11 heteroatoms. The Morgan fingerprint density at radius 1 is 1.13 bits per heavy atom. The number of thiocarbonyl (C=S) groups is 1. The highest BCUT2D eigenvalue weighted by Gasteiger charge is 2.37. The standard InChI is InChI=1S/C28H29N5O4S2/c1-4-37-27(36)31-14-12-30(13-15-31)24-21(25(34)32-17-18(2)10-11-23(32)29-24)16-22-26(35)33(28(38)39-22)19(3)20-8-6-5-7-9-20/h5-11,16-17,19H,4,12-15H2,1-3H3/b22-16+. The van der Waals surface area contributed by atoms with E-state index in [-0.39, 0.29) is 23.6 Å². The van der Waals surface area contributed by atoms with Gasteiger partial charge in [-0.15, -0.1) is 0 Å². The summed E-state index contributed by atoms with van der Waals surface area (Å²) in [5.41, 5.74) is 2.44. The normalized spacial score (nSPS) is 17.8. The van der Waals surface area contributed by atoms with Gasteiger partial charge in [0, 0.05) is 32.4 Å². The number of carbonyl (C=O) groups excluding carboxylic acids is 2. The van der Waals surface area contributed by atoms with Gasteiger partial charge >= 0.3 is 6.09 Å². The molecule has 1 unspecified atom stereocenters. The van der Waals surface area contributed by atoms with E-state index in [0.29, 0.717) is 59.0 Å². The summed E-state index contributed by atoms with van der Waals surface area (Å²) in [7, 11) is 0. The van der Waals surface area contributed by atoms with Crippen LogP contribution in [0.2, 0.25) is 0 Å². The topological polar surface area (TPSA) is 87.5 Å². The summed E-state index contributed by atoms with van der Waals surface area (Å²) in [5.74, 6) is 0.238. The van der Waals surface area contributed by atoms with E-state index in [1.807, 2.05) is 55.1 Å². The van der Waals surface area contributed by atoms with Crippen molar-refractivity contribution in [3.63, 3.8) is 0 Å². The second kappa shape index (κ2) is 11.2. The van der Waals surface area contributed by atoms with Gasteiger partial charge in [-0.1, -0.05) is 60.4 Å². The van der Waals surface area contributed by atoms with Crippen LogP contribution >= 0.6 is 24.0 Å². The molecule has 202 valence electrons. The molecule has 0 bridgehead atoms. The number of pyridine rings is 1. The van der Waals surface area contributed by atoms with E-state index in [9.17, 15) is 14.4 Å². The number of nitrogens with zero attached hydrogens (tertiary/aromatic N) is 5. The number of anilines is 1. The Labute approximate surface area is 236 Å². The van der Waals surface area contributed by atoms with Gasteiger partial charge in [-0.25, -0.2) is 9.78 Å². The van der Waals surface area contributed by atoms with Crippen molar-refractivity contribution in [1.82, 2.24) is 19.2 Å². The smallest absolute Gasteiger partial charge is 0.409 e. The lowest BCUT2D eigenvalue weighted by Gasteiger charge is -2.35. The summed E-state index contributed by atoms with van der Waals surface area (Å²) in [5, 5.41) is 0. The number of aromatic nitrogens is 2. The number of ether oxygens (including phenoxy) is 1. The molecular weight excluding hydrogens is 534 g/mol. The van der Waals surface area contributed by atoms with Crippen LogP contribution in [-0.4, -0.2) is 68.3 Å². The van der Waals surface area contributed by atoms with Crippen LogP contribution in [0.25, 0.3) is 11.7 Å². The zero-order valence-electron chi connectivity index (χ0n) is 22.0.